The van der Waals surface area contributed by atoms with Crippen molar-refractivity contribution in [1.82, 2.24) is 19.3 Å². The normalized spacial score (nSPS) is 13.9. The first kappa shape index (κ1) is 18.0. The van der Waals surface area contributed by atoms with Crippen LogP contribution in [0.4, 0.5) is 0 Å². The lowest BCUT2D eigenvalue weighted by molar-refractivity contribution is 0.102. The van der Waals surface area contributed by atoms with Crippen molar-refractivity contribution in [3.05, 3.63) is 58.7 Å². The Morgan fingerprint density at radius 2 is 1.89 bits per heavy atom. The summed E-state index contributed by atoms with van der Waals surface area (Å²) in [6, 6.07) is 10.8. The molecule has 4 rings (SSSR count). The average Bonchev–Trinajstić information content (AvgIpc) is 3.34. The summed E-state index contributed by atoms with van der Waals surface area (Å²) in [7, 11) is 0. The van der Waals surface area contributed by atoms with E-state index in [4.69, 9.17) is 0 Å². The summed E-state index contributed by atoms with van der Waals surface area (Å²) in [5.41, 5.74) is 5.33. The van der Waals surface area contributed by atoms with E-state index in [1.807, 2.05) is 29.7 Å². The Morgan fingerprint density at radius 3 is 2.59 bits per heavy atom. The van der Waals surface area contributed by atoms with Crippen LogP contribution in [0.25, 0.3) is 5.69 Å². The maximum atomic E-state index is 12.9. The second-order valence-electron chi connectivity index (χ2n) is 7.25. The number of nitrogens with zero attached hydrogens (tertiary/aromatic N) is 4. The van der Waals surface area contributed by atoms with Gasteiger partial charge < -0.3 is 4.57 Å². The Kier molecular flexibility index (Phi) is 4.68. The summed E-state index contributed by atoms with van der Waals surface area (Å²) in [4.78, 5) is 12.9. The van der Waals surface area contributed by atoms with Gasteiger partial charge in [0, 0.05) is 23.0 Å². The van der Waals surface area contributed by atoms with Crippen LogP contribution in [0.15, 0.2) is 35.5 Å². The Balaban J connectivity index is 1.56. The van der Waals surface area contributed by atoms with Gasteiger partial charge in [-0.3, -0.25) is 9.36 Å². The van der Waals surface area contributed by atoms with Crippen molar-refractivity contribution in [2.45, 2.75) is 51.7 Å². The number of thioether (sulfide) groups is 1. The van der Waals surface area contributed by atoms with Crippen molar-refractivity contribution in [2.75, 3.05) is 5.75 Å². The van der Waals surface area contributed by atoms with E-state index in [1.54, 1.807) is 0 Å². The van der Waals surface area contributed by atoms with E-state index < -0.39 is 0 Å². The van der Waals surface area contributed by atoms with Crippen LogP contribution in [0.3, 0.4) is 0 Å². The van der Waals surface area contributed by atoms with Crippen LogP contribution in [-0.4, -0.2) is 30.9 Å². The van der Waals surface area contributed by atoms with E-state index in [1.165, 1.54) is 30.3 Å². The molecule has 2 aromatic heterocycles. The van der Waals surface area contributed by atoms with Gasteiger partial charge in [-0.15, -0.1) is 10.2 Å². The number of ketones is 1. The molecular weight excluding hydrogens is 356 g/mol. The molecule has 0 amide bonds. The Morgan fingerprint density at radius 1 is 1.15 bits per heavy atom. The lowest BCUT2D eigenvalue weighted by Gasteiger charge is -2.11. The monoisotopic (exact) mass is 380 g/mol. The van der Waals surface area contributed by atoms with Crippen LogP contribution in [0.5, 0.6) is 0 Å². The van der Waals surface area contributed by atoms with Gasteiger partial charge >= 0.3 is 0 Å². The summed E-state index contributed by atoms with van der Waals surface area (Å²) in [5.74, 6) is 1.34. The molecule has 2 heterocycles. The molecule has 27 heavy (non-hydrogen) atoms. The third-order valence-corrected chi connectivity index (χ3v) is 6.11. The summed E-state index contributed by atoms with van der Waals surface area (Å²) in [5, 5.41) is 9.29. The van der Waals surface area contributed by atoms with Crippen molar-refractivity contribution >= 4 is 17.5 Å². The molecule has 0 bridgehead atoms. The lowest BCUT2D eigenvalue weighted by Crippen LogP contribution is -2.07. The number of carbonyl (C=O) groups excluding carboxylic acids is 1. The second-order valence-corrected chi connectivity index (χ2v) is 8.19. The number of hydrogen-bond donors (Lipinski definition) is 0. The van der Waals surface area contributed by atoms with Crippen LogP contribution in [0.1, 0.15) is 52.0 Å². The van der Waals surface area contributed by atoms with Crippen LogP contribution in [0.2, 0.25) is 0 Å². The third-order valence-electron chi connectivity index (χ3n) is 5.18. The molecule has 0 atom stereocenters. The molecule has 5 nitrogen and oxygen atoms in total. The van der Waals surface area contributed by atoms with Gasteiger partial charge in [0.15, 0.2) is 10.9 Å². The summed E-state index contributed by atoms with van der Waals surface area (Å²) in [6.07, 6.45) is 2.44. The predicted molar refractivity (Wildman–Crippen MR) is 108 cm³/mol. The van der Waals surface area contributed by atoms with Gasteiger partial charge in [-0.05, 0) is 58.2 Å². The second kappa shape index (κ2) is 7.00. The third kappa shape index (κ3) is 3.34. The van der Waals surface area contributed by atoms with Crippen molar-refractivity contribution in [1.29, 1.82) is 0 Å². The molecular formula is C21H24N4OS. The first-order chi connectivity index (χ1) is 13.0. The summed E-state index contributed by atoms with van der Waals surface area (Å²) < 4.78 is 4.35. The Labute approximate surface area is 163 Å². The summed E-state index contributed by atoms with van der Waals surface area (Å²) in [6.45, 7) is 8.16. The topological polar surface area (TPSA) is 52.7 Å². The fourth-order valence-corrected chi connectivity index (χ4v) is 4.56. The number of hydrogen-bond acceptors (Lipinski definition) is 4. The SMILES string of the molecule is Cc1ccccc1-n1c(C)nnc1SCC(=O)c1cc(C)n(C2CC2)c1C. The van der Waals surface area contributed by atoms with E-state index >= 15 is 0 Å². The number of carbonyl (C=O) groups is 1. The van der Waals surface area contributed by atoms with Crippen molar-refractivity contribution in [3.8, 4) is 5.69 Å². The van der Waals surface area contributed by atoms with Crippen molar-refractivity contribution in [2.24, 2.45) is 0 Å². The molecule has 1 aliphatic rings. The van der Waals surface area contributed by atoms with Crippen LogP contribution >= 0.6 is 11.8 Å². The minimum absolute atomic E-state index is 0.150. The van der Waals surface area contributed by atoms with E-state index in [0.717, 1.165) is 33.5 Å². The number of para-hydroxylation sites is 1. The van der Waals surface area contributed by atoms with Gasteiger partial charge in [0.1, 0.15) is 5.82 Å². The van der Waals surface area contributed by atoms with Gasteiger partial charge in [-0.25, -0.2) is 0 Å². The predicted octanol–water partition coefficient (Wildman–Crippen LogP) is 4.61. The number of Topliss-reactive ketones (excluding diaryl/α,β-unsaturated/α-hetero) is 1. The number of aromatic nitrogens is 4. The molecule has 0 aliphatic heterocycles. The van der Waals surface area contributed by atoms with Crippen LogP contribution in [-0.2, 0) is 0 Å². The zero-order valence-corrected chi connectivity index (χ0v) is 17.0. The quantitative estimate of drug-likeness (QED) is 0.463. The molecule has 1 fully saturated rings. The first-order valence-electron chi connectivity index (χ1n) is 9.30. The fraction of sp³-hybridized carbons (Fsp3) is 0.381. The van der Waals surface area contributed by atoms with Gasteiger partial charge in [0.2, 0.25) is 0 Å². The molecule has 1 saturated carbocycles. The molecule has 1 aromatic carbocycles. The first-order valence-corrected chi connectivity index (χ1v) is 10.3. The molecule has 0 N–H and O–H groups in total. The van der Waals surface area contributed by atoms with Crippen LogP contribution < -0.4 is 0 Å². The fourth-order valence-electron chi connectivity index (χ4n) is 3.69. The number of benzene rings is 1. The van der Waals surface area contributed by atoms with Gasteiger partial charge in [-0.2, -0.15) is 0 Å². The highest BCUT2D eigenvalue weighted by molar-refractivity contribution is 7.99. The number of rotatable bonds is 6. The van der Waals surface area contributed by atoms with E-state index in [2.05, 4.69) is 47.7 Å². The minimum atomic E-state index is 0.150. The lowest BCUT2D eigenvalue weighted by atomic mass is 10.2. The smallest absolute Gasteiger partial charge is 0.196 e. The molecule has 3 aromatic rings. The molecule has 1 aliphatic carbocycles. The van der Waals surface area contributed by atoms with Crippen molar-refractivity contribution < 1.29 is 4.79 Å². The molecule has 0 spiro atoms. The maximum absolute atomic E-state index is 12.9. The van der Waals surface area contributed by atoms with Crippen LogP contribution in [0, 0.1) is 27.7 Å². The van der Waals surface area contributed by atoms with Gasteiger partial charge in [0.25, 0.3) is 0 Å². The highest BCUT2D eigenvalue weighted by Gasteiger charge is 2.28. The van der Waals surface area contributed by atoms with Gasteiger partial charge in [0.05, 0.1) is 11.4 Å². The highest BCUT2D eigenvalue weighted by Crippen LogP contribution is 2.38. The van der Waals surface area contributed by atoms with Gasteiger partial charge in [-0.1, -0.05) is 30.0 Å². The average molecular weight is 381 g/mol. The number of aryl methyl sites for hydroxylation is 3. The molecule has 0 radical (unpaired) electrons. The zero-order chi connectivity index (χ0) is 19.1. The highest BCUT2D eigenvalue weighted by atomic mass is 32.2. The zero-order valence-electron chi connectivity index (χ0n) is 16.2. The summed E-state index contributed by atoms with van der Waals surface area (Å²) >= 11 is 1.45. The minimum Gasteiger partial charge on any atom is -0.345 e. The largest absolute Gasteiger partial charge is 0.345 e. The maximum Gasteiger partial charge on any atom is 0.196 e. The van der Waals surface area contributed by atoms with E-state index in [-0.39, 0.29) is 5.78 Å². The Bertz CT molecular complexity index is 1010. The molecule has 0 saturated heterocycles. The molecule has 0 unspecified atom stereocenters. The van der Waals surface area contributed by atoms with E-state index in [9.17, 15) is 4.79 Å². The standard InChI is InChI=1S/C21H24N4OS/c1-13-7-5-6-8-19(13)25-16(4)22-23-21(25)27-12-20(26)18-11-14(2)24(15(18)3)17-9-10-17/h5-8,11,17H,9-10,12H2,1-4H3. The molecule has 140 valence electrons. The van der Waals surface area contributed by atoms with E-state index in [0.29, 0.717) is 11.8 Å². The van der Waals surface area contributed by atoms with Crippen molar-refractivity contribution in [3.63, 3.8) is 0 Å². The molecule has 6 heteroatoms. The Hall–Kier alpha value is -2.34.